The van der Waals surface area contributed by atoms with Crippen LogP contribution in [0.4, 0.5) is 17.4 Å². The summed E-state index contributed by atoms with van der Waals surface area (Å²) < 4.78 is 5.55. The van der Waals surface area contributed by atoms with E-state index in [0.29, 0.717) is 11.6 Å². The fourth-order valence-corrected chi connectivity index (χ4v) is 1.85. The Kier molecular flexibility index (Phi) is 3.78. The van der Waals surface area contributed by atoms with Gasteiger partial charge in [0.2, 0.25) is 11.8 Å². The molecule has 22 heavy (non-hydrogen) atoms. The van der Waals surface area contributed by atoms with Gasteiger partial charge in [0.25, 0.3) is 0 Å². The number of carbonyl (C=O) groups excluding carboxylic acids is 1. The molecule has 7 heteroatoms. The van der Waals surface area contributed by atoms with Gasteiger partial charge in [-0.05, 0) is 36.4 Å². The van der Waals surface area contributed by atoms with E-state index >= 15 is 0 Å². The molecule has 0 aliphatic carbocycles. The number of pyridine rings is 1. The van der Waals surface area contributed by atoms with Crippen molar-refractivity contribution in [2.75, 3.05) is 10.6 Å². The molecule has 0 saturated carbocycles. The molecule has 0 spiro atoms. The van der Waals surface area contributed by atoms with Crippen LogP contribution in [0.1, 0.15) is 6.92 Å². The first kappa shape index (κ1) is 13.7. The van der Waals surface area contributed by atoms with Gasteiger partial charge >= 0.3 is 6.01 Å². The van der Waals surface area contributed by atoms with E-state index in [1.165, 1.54) is 6.92 Å². The average Bonchev–Trinajstić information content (AvgIpc) is 2.97. The summed E-state index contributed by atoms with van der Waals surface area (Å²) in [6.07, 6.45) is 3.34. The molecule has 1 amide bonds. The van der Waals surface area contributed by atoms with Crippen molar-refractivity contribution < 1.29 is 9.21 Å². The van der Waals surface area contributed by atoms with Gasteiger partial charge in [0.1, 0.15) is 0 Å². The van der Waals surface area contributed by atoms with E-state index in [9.17, 15) is 4.79 Å². The lowest BCUT2D eigenvalue weighted by molar-refractivity contribution is -0.114. The Morgan fingerprint density at radius 1 is 1.09 bits per heavy atom. The van der Waals surface area contributed by atoms with Gasteiger partial charge in [-0.1, -0.05) is 5.10 Å². The maximum atomic E-state index is 11.0. The minimum Gasteiger partial charge on any atom is -0.403 e. The monoisotopic (exact) mass is 295 g/mol. The minimum absolute atomic E-state index is 0.117. The first-order valence-electron chi connectivity index (χ1n) is 6.59. The maximum absolute atomic E-state index is 11.0. The van der Waals surface area contributed by atoms with Crippen LogP contribution in [0.15, 0.2) is 53.2 Å². The van der Waals surface area contributed by atoms with Gasteiger partial charge in [-0.2, -0.15) is 0 Å². The predicted octanol–water partition coefficient (Wildman–Crippen LogP) is 2.83. The fraction of sp³-hybridized carbons (Fsp3) is 0.0667. The Hall–Kier alpha value is -3.22. The number of carbonyl (C=O) groups is 1. The molecule has 0 fully saturated rings. The molecule has 1 aromatic carbocycles. The zero-order valence-electron chi connectivity index (χ0n) is 11.8. The number of nitrogens with one attached hydrogen (secondary N) is 2. The molecule has 110 valence electrons. The molecule has 0 aliphatic heterocycles. The topological polar surface area (TPSA) is 92.9 Å². The molecule has 2 aromatic heterocycles. The van der Waals surface area contributed by atoms with Crippen LogP contribution in [0.25, 0.3) is 11.5 Å². The van der Waals surface area contributed by atoms with Crippen molar-refractivity contribution in [1.29, 1.82) is 0 Å². The van der Waals surface area contributed by atoms with Crippen molar-refractivity contribution in [2.45, 2.75) is 6.92 Å². The summed E-state index contributed by atoms with van der Waals surface area (Å²) >= 11 is 0. The number of hydrogen-bond donors (Lipinski definition) is 2. The molecule has 0 bridgehead atoms. The van der Waals surface area contributed by atoms with Gasteiger partial charge in [-0.3, -0.25) is 9.78 Å². The number of rotatable bonds is 4. The number of hydrogen-bond acceptors (Lipinski definition) is 6. The van der Waals surface area contributed by atoms with Crippen LogP contribution in [0.3, 0.4) is 0 Å². The van der Waals surface area contributed by atoms with Crippen LogP contribution in [0, 0.1) is 0 Å². The summed E-state index contributed by atoms with van der Waals surface area (Å²) in [7, 11) is 0. The van der Waals surface area contributed by atoms with E-state index in [1.807, 2.05) is 6.07 Å². The lowest BCUT2D eigenvalue weighted by atomic mass is 10.2. The number of anilines is 3. The predicted molar refractivity (Wildman–Crippen MR) is 81.6 cm³/mol. The maximum Gasteiger partial charge on any atom is 0.320 e. The quantitative estimate of drug-likeness (QED) is 0.768. The Balaban J connectivity index is 1.74. The third-order valence-corrected chi connectivity index (χ3v) is 2.79. The van der Waals surface area contributed by atoms with Crippen LogP contribution in [-0.4, -0.2) is 21.1 Å². The molecule has 3 rings (SSSR count). The third kappa shape index (κ3) is 3.26. The highest BCUT2D eigenvalue weighted by atomic mass is 16.4. The molecule has 3 aromatic rings. The van der Waals surface area contributed by atoms with Gasteiger partial charge in [-0.15, -0.1) is 5.10 Å². The second-order valence-corrected chi connectivity index (χ2v) is 4.54. The van der Waals surface area contributed by atoms with E-state index in [1.54, 1.807) is 42.7 Å². The smallest absolute Gasteiger partial charge is 0.320 e. The Morgan fingerprint density at radius 3 is 2.59 bits per heavy atom. The number of amides is 1. The second-order valence-electron chi connectivity index (χ2n) is 4.54. The second kappa shape index (κ2) is 6.04. The first-order valence-corrected chi connectivity index (χ1v) is 6.59. The summed E-state index contributed by atoms with van der Waals surface area (Å²) in [5.41, 5.74) is 2.24. The van der Waals surface area contributed by atoms with Crippen molar-refractivity contribution in [3.8, 4) is 11.5 Å². The van der Waals surface area contributed by atoms with Crippen LogP contribution in [0.2, 0.25) is 0 Å². The van der Waals surface area contributed by atoms with Crippen LogP contribution in [-0.2, 0) is 4.79 Å². The molecule has 0 radical (unpaired) electrons. The van der Waals surface area contributed by atoms with Crippen molar-refractivity contribution in [2.24, 2.45) is 0 Å². The number of nitrogens with zero attached hydrogens (tertiary/aromatic N) is 3. The fourth-order valence-electron chi connectivity index (χ4n) is 1.85. The third-order valence-electron chi connectivity index (χ3n) is 2.79. The van der Waals surface area contributed by atoms with Crippen molar-refractivity contribution in [1.82, 2.24) is 15.2 Å². The van der Waals surface area contributed by atoms with Gasteiger partial charge in [0.15, 0.2) is 0 Å². The van der Waals surface area contributed by atoms with Crippen LogP contribution < -0.4 is 10.6 Å². The standard InChI is InChI=1S/C15H13N5O2/c1-10(21)17-12-6-4-11(5-7-12)14-19-20-15(22-14)18-13-3-2-8-16-9-13/h2-9H,1H3,(H,17,21)(H,18,20). The molecule has 2 heterocycles. The van der Waals surface area contributed by atoms with Gasteiger partial charge in [0.05, 0.1) is 11.9 Å². The Morgan fingerprint density at radius 2 is 1.91 bits per heavy atom. The largest absolute Gasteiger partial charge is 0.403 e. The molecule has 0 saturated heterocycles. The summed E-state index contributed by atoms with van der Waals surface area (Å²) in [6.45, 7) is 1.46. The highest BCUT2D eigenvalue weighted by Gasteiger charge is 2.09. The van der Waals surface area contributed by atoms with E-state index in [2.05, 4.69) is 25.8 Å². The highest BCUT2D eigenvalue weighted by molar-refractivity contribution is 5.88. The Labute approximate surface area is 126 Å². The first-order chi connectivity index (χ1) is 10.7. The SMILES string of the molecule is CC(=O)Nc1ccc(-c2nnc(Nc3cccnc3)o2)cc1. The lowest BCUT2D eigenvalue weighted by Crippen LogP contribution is -2.05. The molecular weight excluding hydrogens is 282 g/mol. The van der Waals surface area contributed by atoms with Crippen molar-refractivity contribution in [3.05, 3.63) is 48.8 Å². The van der Waals surface area contributed by atoms with E-state index in [0.717, 1.165) is 11.3 Å². The molecule has 0 atom stereocenters. The molecule has 2 N–H and O–H groups in total. The van der Waals surface area contributed by atoms with E-state index in [-0.39, 0.29) is 11.9 Å². The Bertz CT molecular complexity index is 768. The van der Waals surface area contributed by atoms with Gasteiger partial charge in [-0.25, -0.2) is 0 Å². The summed E-state index contributed by atoms with van der Waals surface area (Å²) in [5, 5.41) is 13.6. The van der Waals surface area contributed by atoms with Crippen molar-refractivity contribution in [3.63, 3.8) is 0 Å². The minimum atomic E-state index is -0.117. The zero-order chi connectivity index (χ0) is 15.4. The molecule has 0 aliphatic rings. The highest BCUT2D eigenvalue weighted by Crippen LogP contribution is 2.23. The van der Waals surface area contributed by atoms with E-state index in [4.69, 9.17) is 4.42 Å². The summed E-state index contributed by atoms with van der Waals surface area (Å²) in [4.78, 5) is 15.0. The summed E-state index contributed by atoms with van der Waals surface area (Å²) in [5.74, 6) is 0.272. The lowest BCUT2D eigenvalue weighted by Gasteiger charge is -2.02. The zero-order valence-corrected chi connectivity index (χ0v) is 11.8. The molecule has 7 nitrogen and oxygen atoms in total. The summed E-state index contributed by atoms with van der Waals surface area (Å²) in [6, 6.07) is 11.1. The van der Waals surface area contributed by atoms with Gasteiger partial charge < -0.3 is 15.1 Å². The normalized spacial score (nSPS) is 10.2. The average molecular weight is 295 g/mol. The van der Waals surface area contributed by atoms with E-state index < -0.39 is 0 Å². The van der Waals surface area contributed by atoms with Crippen LogP contribution >= 0.6 is 0 Å². The molecule has 0 unspecified atom stereocenters. The van der Waals surface area contributed by atoms with Crippen LogP contribution in [0.5, 0.6) is 0 Å². The van der Waals surface area contributed by atoms with Crippen molar-refractivity contribution >= 4 is 23.3 Å². The molecular formula is C15H13N5O2. The number of aromatic nitrogens is 3. The van der Waals surface area contributed by atoms with Gasteiger partial charge in [0, 0.05) is 24.4 Å². The number of benzene rings is 1.